The summed E-state index contributed by atoms with van der Waals surface area (Å²) in [6.07, 6.45) is 6.27. The number of hydrogen-bond acceptors (Lipinski definition) is 5. The van der Waals surface area contributed by atoms with Gasteiger partial charge >= 0.3 is 0 Å². The van der Waals surface area contributed by atoms with Gasteiger partial charge in [0, 0.05) is 36.9 Å². The third kappa shape index (κ3) is 4.40. The monoisotopic (exact) mass is 291 g/mol. The van der Waals surface area contributed by atoms with E-state index in [1.54, 1.807) is 23.5 Å². The maximum absolute atomic E-state index is 12.2. The molecule has 0 bridgehead atoms. The van der Waals surface area contributed by atoms with Crippen LogP contribution in [0.3, 0.4) is 0 Å². The molecular formula is C14H17N3O2S. The molecule has 0 aliphatic heterocycles. The molecule has 2 heterocycles. The Hall–Kier alpha value is -1.79. The summed E-state index contributed by atoms with van der Waals surface area (Å²) in [6.45, 7) is 0.772. The Morgan fingerprint density at radius 1 is 1.30 bits per heavy atom. The van der Waals surface area contributed by atoms with Crippen molar-refractivity contribution in [2.45, 2.75) is 19.4 Å². The van der Waals surface area contributed by atoms with Crippen LogP contribution < -0.4 is 0 Å². The van der Waals surface area contributed by atoms with Crippen LogP contribution in [0.2, 0.25) is 0 Å². The predicted octanol–water partition coefficient (Wildman–Crippen LogP) is 1.49. The fraction of sp³-hybridized carbons (Fsp3) is 0.357. The van der Waals surface area contributed by atoms with E-state index in [1.165, 1.54) is 11.3 Å². The minimum Gasteiger partial charge on any atom is -0.395 e. The third-order valence-corrected chi connectivity index (χ3v) is 3.67. The van der Waals surface area contributed by atoms with Gasteiger partial charge in [0.1, 0.15) is 5.01 Å². The van der Waals surface area contributed by atoms with Crippen molar-refractivity contribution >= 4 is 17.2 Å². The molecule has 20 heavy (non-hydrogen) atoms. The van der Waals surface area contributed by atoms with Crippen LogP contribution >= 0.6 is 11.3 Å². The van der Waals surface area contributed by atoms with E-state index in [4.69, 9.17) is 5.11 Å². The molecule has 6 heteroatoms. The van der Waals surface area contributed by atoms with Crippen LogP contribution in [0.25, 0.3) is 0 Å². The van der Waals surface area contributed by atoms with Gasteiger partial charge in [-0.05, 0) is 24.1 Å². The first-order valence-electron chi connectivity index (χ1n) is 6.45. The molecule has 0 saturated heterocycles. The van der Waals surface area contributed by atoms with E-state index < -0.39 is 0 Å². The van der Waals surface area contributed by atoms with Crippen molar-refractivity contribution in [3.63, 3.8) is 0 Å². The Kier molecular flexibility index (Phi) is 5.64. The Labute approximate surface area is 121 Å². The first kappa shape index (κ1) is 14.6. The Balaban J connectivity index is 1.89. The van der Waals surface area contributed by atoms with Crippen LogP contribution in [0.15, 0.2) is 36.1 Å². The number of hydrogen-bond donors (Lipinski definition) is 1. The maximum atomic E-state index is 12.2. The summed E-state index contributed by atoms with van der Waals surface area (Å²) in [6, 6.07) is 3.81. The molecule has 0 aromatic carbocycles. The molecule has 2 aromatic rings. The zero-order chi connectivity index (χ0) is 14.2. The number of amides is 1. The van der Waals surface area contributed by atoms with Crippen molar-refractivity contribution in [3.8, 4) is 0 Å². The maximum Gasteiger partial charge on any atom is 0.223 e. The van der Waals surface area contributed by atoms with Gasteiger partial charge in [-0.2, -0.15) is 0 Å². The molecule has 5 nitrogen and oxygen atoms in total. The fourth-order valence-electron chi connectivity index (χ4n) is 1.87. The second kappa shape index (κ2) is 7.72. The minimum absolute atomic E-state index is 0.0334. The van der Waals surface area contributed by atoms with E-state index in [1.807, 2.05) is 17.5 Å². The standard InChI is InChI=1S/C14H17N3O2S/c18-9-8-17(11-13-16-7-10-20-13)14(19)2-1-12-3-5-15-6-4-12/h3-7,10,18H,1-2,8-9,11H2. The van der Waals surface area contributed by atoms with Crippen molar-refractivity contribution in [2.75, 3.05) is 13.2 Å². The molecular weight excluding hydrogens is 274 g/mol. The van der Waals surface area contributed by atoms with Crippen LogP contribution in [-0.2, 0) is 17.8 Å². The summed E-state index contributed by atoms with van der Waals surface area (Å²) in [5, 5.41) is 11.8. The molecule has 0 unspecified atom stereocenters. The highest BCUT2D eigenvalue weighted by atomic mass is 32.1. The molecule has 2 aromatic heterocycles. The lowest BCUT2D eigenvalue weighted by Crippen LogP contribution is -2.33. The predicted molar refractivity (Wildman–Crippen MR) is 77.2 cm³/mol. The molecule has 1 amide bonds. The highest BCUT2D eigenvalue weighted by Gasteiger charge is 2.14. The van der Waals surface area contributed by atoms with Crippen molar-refractivity contribution in [3.05, 3.63) is 46.7 Å². The van der Waals surface area contributed by atoms with Crippen LogP contribution in [0.1, 0.15) is 17.0 Å². The normalized spacial score (nSPS) is 10.4. The number of pyridine rings is 1. The first-order valence-corrected chi connectivity index (χ1v) is 7.33. The smallest absolute Gasteiger partial charge is 0.223 e. The van der Waals surface area contributed by atoms with Crippen LogP contribution in [-0.4, -0.2) is 39.0 Å². The van der Waals surface area contributed by atoms with E-state index in [0.29, 0.717) is 25.9 Å². The Morgan fingerprint density at radius 2 is 2.10 bits per heavy atom. The van der Waals surface area contributed by atoms with E-state index in [2.05, 4.69) is 9.97 Å². The van der Waals surface area contributed by atoms with Gasteiger partial charge in [0.25, 0.3) is 0 Å². The minimum atomic E-state index is -0.0353. The fourth-order valence-corrected chi connectivity index (χ4v) is 2.50. The van der Waals surface area contributed by atoms with Gasteiger partial charge in [-0.3, -0.25) is 9.78 Å². The Bertz CT molecular complexity index is 516. The van der Waals surface area contributed by atoms with Gasteiger partial charge in [0.05, 0.1) is 13.2 Å². The van der Waals surface area contributed by atoms with Crippen molar-refractivity contribution in [1.29, 1.82) is 0 Å². The number of aliphatic hydroxyl groups excluding tert-OH is 1. The number of aliphatic hydroxyl groups is 1. The highest BCUT2D eigenvalue weighted by molar-refractivity contribution is 7.09. The summed E-state index contributed by atoms with van der Waals surface area (Å²) in [5.74, 6) is 0.0334. The average Bonchev–Trinajstić information content (AvgIpc) is 2.98. The van der Waals surface area contributed by atoms with E-state index in [0.717, 1.165) is 10.6 Å². The van der Waals surface area contributed by atoms with Crippen molar-refractivity contribution in [2.24, 2.45) is 0 Å². The SMILES string of the molecule is O=C(CCc1ccncc1)N(CCO)Cc1nccs1. The van der Waals surface area contributed by atoms with Gasteiger partial charge in [-0.15, -0.1) is 11.3 Å². The van der Waals surface area contributed by atoms with Crippen LogP contribution in [0.5, 0.6) is 0 Å². The summed E-state index contributed by atoms with van der Waals surface area (Å²) in [7, 11) is 0. The third-order valence-electron chi connectivity index (χ3n) is 2.91. The molecule has 0 spiro atoms. The number of rotatable bonds is 7. The molecule has 0 saturated carbocycles. The molecule has 2 rings (SSSR count). The summed E-state index contributed by atoms with van der Waals surface area (Å²) in [4.78, 5) is 22.0. The topological polar surface area (TPSA) is 66.3 Å². The van der Waals surface area contributed by atoms with Gasteiger partial charge in [-0.1, -0.05) is 0 Å². The lowest BCUT2D eigenvalue weighted by atomic mass is 10.1. The number of aromatic nitrogens is 2. The summed E-state index contributed by atoms with van der Waals surface area (Å²) >= 11 is 1.51. The molecule has 0 fully saturated rings. The molecule has 0 atom stereocenters. The zero-order valence-electron chi connectivity index (χ0n) is 11.1. The number of nitrogens with zero attached hydrogens (tertiary/aromatic N) is 3. The van der Waals surface area contributed by atoms with Gasteiger partial charge < -0.3 is 10.0 Å². The van der Waals surface area contributed by atoms with E-state index in [9.17, 15) is 4.79 Å². The zero-order valence-corrected chi connectivity index (χ0v) is 11.9. The molecule has 0 aliphatic rings. The van der Waals surface area contributed by atoms with Crippen molar-refractivity contribution in [1.82, 2.24) is 14.9 Å². The lowest BCUT2D eigenvalue weighted by molar-refractivity contribution is -0.132. The molecule has 0 aliphatic carbocycles. The number of carbonyl (C=O) groups excluding carboxylic acids is 1. The summed E-state index contributed by atoms with van der Waals surface area (Å²) in [5.41, 5.74) is 1.09. The van der Waals surface area contributed by atoms with Gasteiger partial charge in [0.2, 0.25) is 5.91 Å². The van der Waals surface area contributed by atoms with Crippen LogP contribution in [0, 0.1) is 0 Å². The lowest BCUT2D eigenvalue weighted by Gasteiger charge is -2.20. The van der Waals surface area contributed by atoms with Gasteiger partial charge in [-0.25, -0.2) is 4.98 Å². The second-order valence-electron chi connectivity index (χ2n) is 4.32. The number of carbonyl (C=O) groups is 1. The molecule has 106 valence electrons. The Morgan fingerprint density at radius 3 is 2.75 bits per heavy atom. The quantitative estimate of drug-likeness (QED) is 0.839. The molecule has 1 N–H and O–H groups in total. The van der Waals surface area contributed by atoms with E-state index in [-0.39, 0.29) is 12.5 Å². The molecule has 0 radical (unpaired) electrons. The number of thiazole rings is 1. The largest absolute Gasteiger partial charge is 0.395 e. The number of aryl methyl sites for hydroxylation is 1. The van der Waals surface area contributed by atoms with Crippen LogP contribution in [0.4, 0.5) is 0 Å². The first-order chi connectivity index (χ1) is 9.79. The average molecular weight is 291 g/mol. The van der Waals surface area contributed by atoms with Crippen molar-refractivity contribution < 1.29 is 9.90 Å². The second-order valence-corrected chi connectivity index (χ2v) is 5.30. The van der Waals surface area contributed by atoms with Gasteiger partial charge in [0.15, 0.2) is 0 Å². The van der Waals surface area contributed by atoms with E-state index >= 15 is 0 Å². The highest BCUT2D eigenvalue weighted by Crippen LogP contribution is 2.10. The summed E-state index contributed by atoms with van der Waals surface area (Å²) < 4.78 is 0.